The molecule has 0 aromatic heterocycles. The molecule has 0 heterocycles. The van der Waals surface area contributed by atoms with E-state index in [1.165, 1.54) is 0 Å². The first-order valence-electron chi connectivity index (χ1n) is 3.53. The Bertz CT molecular complexity index is 116. The monoisotopic (exact) mass is 143 g/mol. The number of carbonyl (C=O) groups is 1. The van der Waals surface area contributed by atoms with Crippen LogP contribution in [-0.4, -0.2) is 11.6 Å². The molecule has 0 saturated carbocycles. The van der Waals surface area contributed by atoms with E-state index in [9.17, 15) is 4.79 Å². The first-order valence-corrected chi connectivity index (χ1v) is 3.53. The Kier molecular flexibility index (Phi) is 3.40. The van der Waals surface area contributed by atoms with Crippen LogP contribution in [-0.2, 0) is 9.53 Å². The van der Waals surface area contributed by atoms with Gasteiger partial charge in [0.05, 0.1) is 0 Å². The summed E-state index contributed by atoms with van der Waals surface area (Å²) in [6.07, 6.45) is 1.04. The van der Waals surface area contributed by atoms with Crippen molar-refractivity contribution in [2.45, 2.75) is 39.2 Å². The molecule has 0 aromatic carbocycles. The van der Waals surface area contributed by atoms with Gasteiger partial charge in [-0.1, -0.05) is 6.92 Å². The van der Waals surface area contributed by atoms with Gasteiger partial charge in [-0.2, -0.15) is 0 Å². The van der Waals surface area contributed by atoms with Gasteiger partial charge in [-0.3, -0.25) is 4.79 Å². The van der Waals surface area contributed by atoms with Crippen molar-refractivity contribution >= 4 is 5.97 Å². The van der Waals surface area contributed by atoms with Crippen LogP contribution in [0.2, 0.25) is 0 Å². The molecule has 0 aromatic rings. The lowest BCUT2D eigenvalue weighted by Gasteiger charge is -2.22. The average Bonchev–Trinajstić information content (AvgIpc) is 1.87. The number of esters is 1. The van der Waals surface area contributed by atoms with Gasteiger partial charge in [-0.25, -0.2) is 0 Å². The van der Waals surface area contributed by atoms with Crippen molar-refractivity contribution < 1.29 is 9.53 Å². The Morgan fingerprint density at radius 1 is 1.60 bits per heavy atom. The molecule has 0 atom stereocenters. The minimum absolute atomic E-state index is 0.212. The third-order valence-electron chi connectivity index (χ3n) is 1.45. The fourth-order valence-electron chi connectivity index (χ4n) is 0.431. The third kappa shape index (κ3) is 3.49. The zero-order chi connectivity index (χ0) is 8.20. The second-order valence-electron chi connectivity index (χ2n) is 2.84. The summed E-state index contributed by atoms with van der Waals surface area (Å²) in [5, 5.41) is 0. The summed E-state index contributed by atoms with van der Waals surface area (Å²) in [7, 11) is 0. The molecule has 2 nitrogen and oxygen atoms in total. The molecule has 0 amide bonds. The van der Waals surface area contributed by atoms with E-state index >= 15 is 0 Å². The maximum Gasteiger partial charge on any atom is 0.306 e. The van der Waals surface area contributed by atoms with E-state index < -0.39 is 0 Å². The highest BCUT2D eigenvalue weighted by molar-refractivity contribution is 5.70. The predicted molar refractivity (Wildman–Crippen MR) is 40.4 cm³/mol. The maximum absolute atomic E-state index is 10.7. The van der Waals surface area contributed by atoms with Gasteiger partial charge >= 0.3 is 5.97 Å². The minimum atomic E-state index is -0.325. The molecular formula is C8H15O2. The number of hydrogen-bond donors (Lipinski definition) is 0. The highest BCUT2D eigenvalue weighted by Crippen LogP contribution is 2.13. The van der Waals surface area contributed by atoms with Crippen LogP contribution >= 0.6 is 0 Å². The van der Waals surface area contributed by atoms with Crippen molar-refractivity contribution in [2.24, 2.45) is 0 Å². The number of hydrogen-bond acceptors (Lipinski definition) is 2. The summed E-state index contributed by atoms with van der Waals surface area (Å²) in [4.78, 5) is 10.7. The molecule has 2 heteroatoms. The Hall–Kier alpha value is -0.530. The summed E-state index contributed by atoms with van der Waals surface area (Å²) in [5.74, 6) is -0.230. The molecule has 0 bridgehead atoms. The zero-order valence-corrected chi connectivity index (χ0v) is 6.94. The van der Waals surface area contributed by atoms with Crippen molar-refractivity contribution in [1.29, 1.82) is 0 Å². The Morgan fingerprint density at radius 3 is 2.40 bits per heavy atom. The molecular weight excluding hydrogens is 128 g/mol. The lowest BCUT2D eigenvalue weighted by Crippen LogP contribution is -2.26. The first-order chi connectivity index (χ1) is 4.52. The van der Waals surface area contributed by atoms with Crippen LogP contribution in [0.4, 0.5) is 0 Å². The summed E-state index contributed by atoms with van der Waals surface area (Å²) in [6, 6.07) is 0. The van der Waals surface area contributed by atoms with Gasteiger partial charge in [-0.15, -0.1) is 0 Å². The predicted octanol–water partition coefficient (Wildman–Crippen LogP) is 1.94. The molecule has 0 N–H and O–H groups in total. The van der Waals surface area contributed by atoms with E-state index in [1.54, 1.807) is 0 Å². The van der Waals surface area contributed by atoms with Crippen LogP contribution in [0.1, 0.15) is 33.6 Å². The van der Waals surface area contributed by atoms with E-state index in [-0.39, 0.29) is 18.0 Å². The normalized spacial score (nSPS) is 11.2. The molecule has 0 aliphatic rings. The molecule has 0 rings (SSSR count). The van der Waals surface area contributed by atoms with Gasteiger partial charge in [-0.05, 0) is 27.2 Å². The molecule has 10 heavy (non-hydrogen) atoms. The van der Waals surface area contributed by atoms with Gasteiger partial charge in [0.25, 0.3) is 0 Å². The standard InChI is InChI=1S/C8H15O2/c1-5-7(9)10-8(3,4)6-2/h1,5-6H2,2-4H3. The van der Waals surface area contributed by atoms with Crippen molar-refractivity contribution in [1.82, 2.24) is 0 Å². The van der Waals surface area contributed by atoms with Gasteiger partial charge in [0.15, 0.2) is 0 Å². The van der Waals surface area contributed by atoms with Crippen LogP contribution in [0.3, 0.4) is 0 Å². The van der Waals surface area contributed by atoms with E-state index in [0.717, 1.165) is 6.42 Å². The van der Waals surface area contributed by atoms with E-state index in [2.05, 4.69) is 6.92 Å². The van der Waals surface area contributed by atoms with Crippen LogP contribution in [0.15, 0.2) is 0 Å². The molecule has 0 aliphatic carbocycles. The van der Waals surface area contributed by atoms with Gasteiger partial charge in [0, 0.05) is 6.42 Å². The third-order valence-corrected chi connectivity index (χ3v) is 1.45. The molecule has 0 saturated heterocycles. The van der Waals surface area contributed by atoms with Crippen LogP contribution < -0.4 is 0 Å². The first kappa shape index (κ1) is 9.47. The minimum Gasteiger partial charge on any atom is -0.460 e. The summed E-state index contributed by atoms with van der Waals surface area (Å²) in [5.41, 5.74) is -0.325. The van der Waals surface area contributed by atoms with Gasteiger partial charge in [0.2, 0.25) is 0 Å². The summed E-state index contributed by atoms with van der Waals surface area (Å²) < 4.78 is 5.03. The molecule has 0 aliphatic heterocycles. The average molecular weight is 143 g/mol. The lowest BCUT2D eigenvalue weighted by molar-refractivity contribution is -0.155. The molecule has 0 fully saturated rings. The fraction of sp³-hybridized carbons (Fsp3) is 0.750. The maximum atomic E-state index is 10.7. The summed E-state index contributed by atoms with van der Waals surface area (Å²) in [6.45, 7) is 9.19. The number of ether oxygens (including phenoxy) is 1. The van der Waals surface area contributed by atoms with E-state index in [4.69, 9.17) is 4.74 Å². The Labute approximate surface area is 62.6 Å². The van der Waals surface area contributed by atoms with Crippen LogP contribution in [0, 0.1) is 6.92 Å². The zero-order valence-electron chi connectivity index (χ0n) is 6.94. The molecule has 59 valence electrons. The molecule has 0 spiro atoms. The molecule has 1 radical (unpaired) electrons. The Balaban J connectivity index is 3.76. The van der Waals surface area contributed by atoms with Gasteiger partial charge in [0.1, 0.15) is 5.60 Å². The summed E-state index contributed by atoms with van der Waals surface area (Å²) >= 11 is 0. The fourth-order valence-corrected chi connectivity index (χ4v) is 0.431. The second kappa shape index (κ2) is 3.59. The van der Waals surface area contributed by atoms with Gasteiger partial charge < -0.3 is 4.74 Å². The van der Waals surface area contributed by atoms with Crippen LogP contribution in [0.5, 0.6) is 0 Å². The SMILES string of the molecule is [CH2]CC(=O)OC(C)(C)CC. The Morgan fingerprint density at radius 2 is 2.10 bits per heavy atom. The molecule has 0 unspecified atom stereocenters. The van der Waals surface area contributed by atoms with E-state index in [0.29, 0.717) is 0 Å². The van der Waals surface area contributed by atoms with Crippen LogP contribution in [0.25, 0.3) is 0 Å². The topological polar surface area (TPSA) is 26.3 Å². The highest BCUT2D eigenvalue weighted by Gasteiger charge is 2.18. The van der Waals surface area contributed by atoms with Crippen molar-refractivity contribution in [3.8, 4) is 0 Å². The lowest BCUT2D eigenvalue weighted by atomic mass is 10.1. The number of carbonyl (C=O) groups excluding carboxylic acids is 1. The van der Waals surface area contributed by atoms with E-state index in [1.807, 2.05) is 20.8 Å². The number of rotatable bonds is 3. The van der Waals surface area contributed by atoms with Crippen molar-refractivity contribution in [2.75, 3.05) is 0 Å². The van der Waals surface area contributed by atoms with Crippen molar-refractivity contribution in [3.05, 3.63) is 6.92 Å². The smallest absolute Gasteiger partial charge is 0.306 e. The largest absolute Gasteiger partial charge is 0.460 e. The highest BCUT2D eigenvalue weighted by atomic mass is 16.6. The van der Waals surface area contributed by atoms with Crippen molar-refractivity contribution in [3.63, 3.8) is 0 Å². The quantitative estimate of drug-likeness (QED) is 0.564. The second-order valence-corrected chi connectivity index (χ2v) is 2.84.